The van der Waals surface area contributed by atoms with Crippen molar-refractivity contribution in [2.24, 2.45) is 11.7 Å². The highest BCUT2D eigenvalue weighted by molar-refractivity contribution is 6.31. The molecule has 1 aliphatic rings. The maximum atomic E-state index is 12.9. The van der Waals surface area contributed by atoms with Crippen LogP contribution in [0.5, 0.6) is 0 Å². The molecule has 3 rings (SSSR count). The minimum atomic E-state index is -4.52. The summed E-state index contributed by atoms with van der Waals surface area (Å²) in [5.41, 5.74) is 5.45. The molecule has 152 valence electrons. The number of hydrogen-bond donors (Lipinski definition) is 2. The number of aliphatic hydroxyl groups excluding tert-OH is 1. The number of nitrogens with zero attached hydrogens (tertiary/aromatic N) is 2. The zero-order valence-corrected chi connectivity index (χ0v) is 15.8. The fourth-order valence-corrected chi connectivity index (χ4v) is 4.07. The average molecular weight is 416 g/mol. The maximum Gasteiger partial charge on any atom is 0.416 e. The summed E-state index contributed by atoms with van der Waals surface area (Å²) < 4.78 is 40.5. The number of alkyl halides is 3. The summed E-state index contributed by atoms with van der Waals surface area (Å²) in [6.07, 6.45) is 0.348. The van der Waals surface area contributed by atoms with Gasteiger partial charge in [0.1, 0.15) is 5.69 Å². The molecule has 5 nitrogen and oxygen atoms in total. The van der Waals surface area contributed by atoms with Gasteiger partial charge in [-0.1, -0.05) is 17.7 Å². The highest BCUT2D eigenvalue weighted by Crippen LogP contribution is 2.39. The van der Waals surface area contributed by atoms with Gasteiger partial charge in [-0.15, -0.1) is 0 Å². The lowest BCUT2D eigenvalue weighted by molar-refractivity contribution is -0.137. The van der Waals surface area contributed by atoms with E-state index in [4.69, 9.17) is 17.3 Å². The first kappa shape index (κ1) is 20.7. The molecule has 1 aliphatic carbocycles. The lowest BCUT2D eigenvalue weighted by Crippen LogP contribution is -2.22. The highest BCUT2D eigenvalue weighted by Gasteiger charge is 2.33. The van der Waals surface area contributed by atoms with Crippen molar-refractivity contribution in [3.05, 3.63) is 51.8 Å². The van der Waals surface area contributed by atoms with E-state index in [0.29, 0.717) is 28.7 Å². The van der Waals surface area contributed by atoms with Crippen LogP contribution in [0.1, 0.15) is 58.8 Å². The molecule has 0 spiro atoms. The quantitative estimate of drug-likeness (QED) is 0.770. The monoisotopic (exact) mass is 415 g/mol. The standard InChI is InChI=1S/C19H21ClF3N3O2/c20-16-9-26(25-17(16)10-27)8-11-1-3-12(4-2-11)14-6-5-13(19(21,22)23)7-15(14)18(24)28/h5-7,9,11-12,27H,1-4,8,10H2,(H2,24,28)/t11-,12-. The van der Waals surface area contributed by atoms with Crippen molar-refractivity contribution in [2.45, 2.75) is 50.9 Å². The Labute approximate surface area is 165 Å². The molecule has 0 bridgehead atoms. The molecule has 1 aromatic carbocycles. The number of rotatable bonds is 5. The van der Waals surface area contributed by atoms with Crippen LogP contribution < -0.4 is 5.73 Å². The molecule has 1 saturated carbocycles. The summed E-state index contributed by atoms with van der Waals surface area (Å²) >= 11 is 5.99. The van der Waals surface area contributed by atoms with Gasteiger partial charge in [0.2, 0.25) is 5.91 Å². The smallest absolute Gasteiger partial charge is 0.390 e. The van der Waals surface area contributed by atoms with Crippen LogP contribution in [-0.2, 0) is 19.3 Å². The van der Waals surface area contributed by atoms with E-state index >= 15 is 0 Å². The lowest BCUT2D eigenvalue weighted by Gasteiger charge is -2.30. The first-order chi connectivity index (χ1) is 13.2. The number of amides is 1. The van der Waals surface area contributed by atoms with Crippen molar-refractivity contribution in [3.8, 4) is 0 Å². The van der Waals surface area contributed by atoms with Gasteiger partial charge in [0, 0.05) is 18.3 Å². The Balaban J connectivity index is 1.69. The molecule has 0 radical (unpaired) electrons. The number of carbonyl (C=O) groups is 1. The van der Waals surface area contributed by atoms with E-state index < -0.39 is 17.6 Å². The zero-order chi connectivity index (χ0) is 20.5. The van der Waals surface area contributed by atoms with Crippen LogP contribution in [0.25, 0.3) is 0 Å². The van der Waals surface area contributed by atoms with Crippen LogP contribution >= 0.6 is 11.6 Å². The SMILES string of the molecule is NC(=O)c1cc(C(F)(F)F)ccc1[C@H]1CC[C@H](Cn2cc(Cl)c(CO)n2)CC1. The summed E-state index contributed by atoms with van der Waals surface area (Å²) in [4.78, 5) is 11.7. The second kappa shape index (κ2) is 8.13. The van der Waals surface area contributed by atoms with Gasteiger partial charge in [0.05, 0.1) is 17.2 Å². The van der Waals surface area contributed by atoms with E-state index in [0.717, 1.165) is 37.8 Å². The predicted molar refractivity (Wildman–Crippen MR) is 97.8 cm³/mol. The van der Waals surface area contributed by atoms with Gasteiger partial charge in [-0.2, -0.15) is 18.3 Å². The van der Waals surface area contributed by atoms with Gasteiger partial charge in [0.25, 0.3) is 0 Å². The van der Waals surface area contributed by atoms with E-state index in [1.807, 2.05) is 0 Å². The topological polar surface area (TPSA) is 81.1 Å². The van der Waals surface area contributed by atoms with Crippen molar-refractivity contribution in [2.75, 3.05) is 0 Å². The number of primary amides is 1. The van der Waals surface area contributed by atoms with Crippen molar-refractivity contribution in [3.63, 3.8) is 0 Å². The molecular weight excluding hydrogens is 395 g/mol. The molecule has 1 fully saturated rings. The lowest BCUT2D eigenvalue weighted by atomic mass is 9.77. The van der Waals surface area contributed by atoms with E-state index in [1.54, 1.807) is 10.9 Å². The molecule has 0 unspecified atom stereocenters. The van der Waals surface area contributed by atoms with Crippen molar-refractivity contribution < 1.29 is 23.1 Å². The molecule has 9 heteroatoms. The number of aromatic nitrogens is 2. The summed E-state index contributed by atoms with van der Waals surface area (Å²) in [6.45, 7) is 0.435. The maximum absolute atomic E-state index is 12.9. The fraction of sp³-hybridized carbons (Fsp3) is 0.474. The summed E-state index contributed by atoms with van der Waals surface area (Å²) in [5, 5.41) is 13.8. The second-order valence-electron chi connectivity index (χ2n) is 7.19. The van der Waals surface area contributed by atoms with Gasteiger partial charge < -0.3 is 10.8 Å². The number of hydrogen-bond acceptors (Lipinski definition) is 3. The van der Waals surface area contributed by atoms with E-state index in [9.17, 15) is 23.1 Å². The summed E-state index contributed by atoms with van der Waals surface area (Å²) in [6, 6.07) is 3.25. The Morgan fingerprint density at radius 1 is 1.29 bits per heavy atom. The molecule has 3 N–H and O–H groups in total. The van der Waals surface area contributed by atoms with E-state index in [-0.39, 0.29) is 18.1 Å². The second-order valence-corrected chi connectivity index (χ2v) is 7.59. The Morgan fingerprint density at radius 2 is 1.96 bits per heavy atom. The highest BCUT2D eigenvalue weighted by atomic mass is 35.5. The molecule has 1 heterocycles. The van der Waals surface area contributed by atoms with Gasteiger partial charge in [-0.05, 0) is 55.2 Å². The third kappa shape index (κ3) is 4.50. The van der Waals surface area contributed by atoms with Gasteiger partial charge in [-0.3, -0.25) is 9.48 Å². The normalized spacial score (nSPS) is 20.3. The molecule has 0 aliphatic heterocycles. The number of aliphatic hydroxyl groups is 1. The molecule has 1 aromatic heterocycles. The Morgan fingerprint density at radius 3 is 2.50 bits per heavy atom. The van der Waals surface area contributed by atoms with Crippen LogP contribution in [0.2, 0.25) is 5.02 Å². The number of nitrogens with two attached hydrogens (primary N) is 1. The zero-order valence-electron chi connectivity index (χ0n) is 15.0. The Bertz CT molecular complexity index is 859. The largest absolute Gasteiger partial charge is 0.416 e. The third-order valence-corrected chi connectivity index (χ3v) is 5.63. The van der Waals surface area contributed by atoms with Crippen molar-refractivity contribution in [1.29, 1.82) is 0 Å². The fourth-order valence-electron chi connectivity index (χ4n) is 3.86. The molecule has 2 aromatic rings. The van der Waals surface area contributed by atoms with E-state index in [1.165, 1.54) is 6.07 Å². The molecule has 28 heavy (non-hydrogen) atoms. The summed E-state index contributed by atoms with van der Waals surface area (Å²) in [7, 11) is 0. The average Bonchev–Trinajstić information content (AvgIpc) is 3.00. The first-order valence-corrected chi connectivity index (χ1v) is 9.40. The number of halogens is 4. The van der Waals surface area contributed by atoms with Crippen LogP contribution in [0, 0.1) is 5.92 Å². The number of carbonyl (C=O) groups excluding carboxylic acids is 1. The van der Waals surface area contributed by atoms with Gasteiger partial charge in [0.15, 0.2) is 0 Å². The minimum Gasteiger partial charge on any atom is -0.390 e. The summed E-state index contributed by atoms with van der Waals surface area (Å²) in [5.74, 6) is -0.508. The first-order valence-electron chi connectivity index (χ1n) is 9.02. The van der Waals surface area contributed by atoms with Crippen LogP contribution in [0.4, 0.5) is 13.2 Å². The van der Waals surface area contributed by atoms with Gasteiger partial charge >= 0.3 is 6.18 Å². The third-order valence-electron chi connectivity index (χ3n) is 5.31. The van der Waals surface area contributed by atoms with Crippen molar-refractivity contribution in [1.82, 2.24) is 9.78 Å². The molecule has 0 atom stereocenters. The molecular formula is C19H21ClF3N3O2. The van der Waals surface area contributed by atoms with Crippen LogP contribution in [0.15, 0.2) is 24.4 Å². The molecule has 0 saturated heterocycles. The van der Waals surface area contributed by atoms with E-state index in [2.05, 4.69) is 5.10 Å². The number of benzene rings is 1. The predicted octanol–water partition coefficient (Wildman–Crippen LogP) is 4.12. The van der Waals surface area contributed by atoms with Crippen molar-refractivity contribution >= 4 is 17.5 Å². The Hall–Kier alpha value is -2.06. The van der Waals surface area contributed by atoms with Crippen LogP contribution in [-0.4, -0.2) is 20.8 Å². The van der Waals surface area contributed by atoms with Gasteiger partial charge in [-0.25, -0.2) is 0 Å². The minimum absolute atomic E-state index is 0.00440. The Kier molecular flexibility index (Phi) is 6.00. The molecule has 1 amide bonds. The van der Waals surface area contributed by atoms with Crippen LogP contribution in [0.3, 0.4) is 0 Å².